The Balaban J connectivity index is 1.38. The molecule has 132 valence electrons. The summed E-state index contributed by atoms with van der Waals surface area (Å²) in [4.78, 5) is 4.90. The van der Waals surface area contributed by atoms with Crippen LogP contribution in [0.5, 0.6) is 0 Å². The molecule has 24 heavy (non-hydrogen) atoms. The van der Waals surface area contributed by atoms with E-state index in [1.54, 1.807) is 0 Å². The molecule has 1 aliphatic rings. The maximum Gasteiger partial charge on any atom is 0.112 e. The number of hydrogen-bond donors (Lipinski definition) is 0. The number of rotatable bonds is 12. The first kappa shape index (κ1) is 17.5. The van der Waals surface area contributed by atoms with E-state index in [0.29, 0.717) is 0 Å². The molecule has 0 unspecified atom stereocenters. The number of para-hydroxylation sites is 2. The number of fused-ring (bicyclic) bond motifs is 1. The minimum absolute atomic E-state index is 0.737. The van der Waals surface area contributed by atoms with E-state index in [2.05, 4.69) is 35.8 Å². The Labute approximate surface area is 147 Å². The molecule has 0 N–H and O–H groups in total. The van der Waals surface area contributed by atoms with E-state index in [1.807, 2.05) is 0 Å². The molecule has 2 aromatic rings. The van der Waals surface area contributed by atoms with Crippen LogP contribution in [0.25, 0.3) is 11.0 Å². The van der Waals surface area contributed by atoms with E-state index in [1.165, 1.54) is 93.9 Å². The van der Waals surface area contributed by atoms with E-state index in [-0.39, 0.29) is 0 Å². The Morgan fingerprint density at radius 2 is 1.50 bits per heavy atom. The van der Waals surface area contributed by atoms with Crippen molar-refractivity contribution in [1.29, 1.82) is 0 Å². The van der Waals surface area contributed by atoms with E-state index < -0.39 is 0 Å². The summed E-state index contributed by atoms with van der Waals surface area (Å²) in [5.74, 6) is 2.09. The van der Waals surface area contributed by atoms with Gasteiger partial charge in [0.05, 0.1) is 11.0 Å². The van der Waals surface area contributed by atoms with Crippen LogP contribution < -0.4 is 0 Å². The van der Waals surface area contributed by atoms with E-state index in [4.69, 9.17) is 4.98 Å². The number of imidazole rings is 1. The van der Waals surface area contributed by atoms with Gasteiger partial charge < -0.3 is 4.57 Å². The van der Waals surface area contributed by atoms with E-state index in [9.17, 15) is 0 Å². The molecule has 2 heteroatoms. The van der Waals surface area contributed by atoms with Crippen LogP contribution in [0.1, 0.15) is 95.7 Å². The number of benzene rings is 1. The van der Waals surface area contributed by atoms with Gasteiger partial charge in [0.2, 0.25) is 0 Å². The third-order valence-corrected chi connectivity index (χ3v) is 5.36. The van der Waals surface area contributed by atoms with Gasteiger partial charge >= 0.3 is 0 Å². The Morgan fingerprint density at radius 3 is 2.17 bits per heavy atom. The fourth-order valence-corrected chi connectivity index (χ4v) is 3.74. The van der Waals surface area contributed by atoms with Gasteiger partial charge in [-0.1, -0.05) is 76.8 Å². The van der Waals surface area contributed by atoms with Crippen LogP contribution in [0.15, 0.2) is 24.3 Å². The van der Waals surface area contributed by atoms with Crippen LogP contribution in [-0.4, -0.2) is 9.55 Å². The first-order valence-corrected chi connectivity index (χ1v) is 10.4. The molecular formula is C22H34N2. The second-order valence-electron chi connectivity index (χ2n) is 7.57. The second kappa shape index (κ2) is 9.25. The molecule has 0 atom stereocenters. The molecule has 0 spiro atoms. The molecule has 2 nitrogen and oxygen atoms in total. The lowest BCUT2D eigenvalue weighted by atomic mass is 10.1. The highest BCUT2D eigenvalue weighted by molar-refractivity contribution is 5.76. The first-order valence-electron chi connectivity index (χ1n) is 10.4. The first-order chi connectivity index (χ1) is 11.9. The standard InChI is InChI=1S/C22H34N2/c1-2-3-4-5-6-7-8-9-10-13-18-24-21-15-12-11-14-20(21)23-22(24)19-16-17-19/h11-12,14-15,19H,2-10,13,16-18H2,1H3. The third-order valence-electron chi connectivity index (χ3n) is 5.36. The smallest absolute Gasteiger partial charge is 0.112 e. The van der Waals surface area contributed by atoms with Gasteiger partial charge in [-0.2, -0.15) is 0 Å². The van der Waals surface area contributed by atoms with Crippen LogP contribution in [0.4, 0.5) is 0 Å². The van der Waals surface area contributed by atoms with Crippen molar-refractivity contribution in [1.82, 2.24) is 9.55 Å². The van der Waals surface area contributed by atoms with Crippen molar-refractivity contribution in [2.24, 2.45) is 0 Å². The van der Waals surface area contributed by atoms with Gasteiger partial charge in [-0.3, -0.25) is 0 Å². The zero-order valence-corrected chi connectivity index (χ0v) is 15.5. The highest BCUT2D eigenvalue weighted by Gasteiger charge is 2.29. The number of unbranched alkanes of at least 4 members (excludes halogenated alkanes) is 9. The Hall–Kier alpha value is -1.31. The van der Waals surface area contributed by atoms with Gasteiger partial charge in [-0.05, 0) is 31.4 Å². The highest BCUT2D eigenvalue weighted by atomic mass is 15.1. The summed E-state index contributed by atoms with van der Waals surface area (Å²) in [5, 5.41) is 0. The Morgan fingerprint density at radius 1 is 0.875 bits per heavy atom. The number of aryl methyl sites for hydroxylation is 1. The van der Waals surface area contributed by atoms with Crippen LogP contribution in [0, 0.1) is 0 Å². The highest BCUT2D eigenvalue weighted by Crippen LogP contribution is 2.40. The second-order valence-corrected chi connectivity index (χ2v) is 7.57. The van der Waals surface area contributed by atoms with E-state index in [0.717, 1.165) is 12.5 Å². The Bertz CT molecular complexity index is 609. The molecule has 1 aliphatic carbocycles. The lowest BCUT2D eigenvalue weighted by Gasteiger charge is -2.09. The van der Waals surface area contributed by atoms with Crippen molar-refractivity contribution in [2.45, 2.75) is 96.4 Å². The molecule has 1 aromatic carbocycles. The molecule has 1 fully saturated rings. The lowest BCUT2D eigenvalue weighted by molar-refractivity contribution is 0.532. The molecular weight excluding hydrogens is 292 g/mol. The lowest BCUT2D eigenvalue weighted by Crippen LogP contribution is -2.03. The summed E-state index contributed by atoms with van der Waals surface area (Å²) in [6.07, 6.45) is 16.7. The minimum atomic E-state index is 0.737. The molecule has 0 radical (unpaired) electrons. The zero-order valence-electron chi connectivity index (χ0n) is 15.5. The molecule has 0 saturated heterocycles. The van der Waals surface area contributed by atoms with Gasteiger partial charge in [0.15, 0.2) is 0 Å². The molecule has 3 rings (SSSR count). The monoisotopic (exact) mass is 326 g/mol. The number of hydrogen-bond acceptors (Lipinski definition) is 1. The summed E-state index contributed by atoms with van der Waals surface area (Å²) in [7, 11) is 0. The van der Waals surface area contributed by atoms with Gasteiger partial charge in [0.25, 0.3) is 0 Å². The van der Waals surface area contributed by atoms with Crippen LogP contribution >= 0.6 is 0 Å². The fraction of sp³-hybridized carbons (Fsp3) is 0.682. The van der Waals surface area contributed by atoms with Crippen LogP contribution in [0.2, 0.25) is 0 Å². The summed E-state index contributed by atoms with van der Waals surface area (Å²) < 4.78 is 2.51. The maximum atomic E-state index is 4.90. The van der Waals surface area contributed by atoms with Crippen LogP contribution in [0.3, 0.4) is 0 Å². The summed E-state index contributed by atoms with van der Waals surface area (Å²) >= 11 is 0. The van der Waals surface area contributed by atoms with Crippen molar-refractivity contribution in [2.75, 3.05) is 0 Å². The molecule has 1 heterocycles. The van der Waals surface area contributed by atoms with Crippen molar-refractivity contribution >= 4 is 11.0 Å². The fourth-order valence-electron chi connectivity index (χ4n) is 3.74. The van der Waals surface area contributed by atoms with E-state index >= 15 is 0 Å². The number of aromatic nitrogens is 2. The summed E-state index contributed by atoms with van der Waals surface area (Å²) in [6, 6.07) is 8.66. The maximum absolute atomic E-state index is 4.90. The quantitative estimate of drug-likeness (QED) is 0.391. The summed E-state index contributed by atoms with van der Waals surface area (Å²) in [5.41, 5.74) is 2.53. The van der Waals surface area contributed by atoms with Crippen molar-refractivity contribution in [3.63, 3.8) is 0 Å². The molecule has 1 saturated carbocycles. The van der Waals surface area contributed by atoms with Crippen molar-refractivity contribution in [3.8, 4) is 0 Å². The molecule has 0 aliphatic heterocycles. The van der Waals surface area contributed by atoms with Crippen molar-refractivity contribution in [3.05, 3.63) is 30.1 Å². The summed E-state index contributed by atoms with van der Waals surface area (Å²) in [6.45, 7) is 3.45. The van der Waals surface area contributed by atoms with Gasteiger partial charge in [0.1, 0.15) is 5.82 Å². The van der Waals surface area contributed by atoms with Gasteiger partial charge in [-0.25, -0.2) is 4.98 Å². The normalized spacial score (nSPS) is 14.5. The van der Waals surface area contributed by atoms with Gasteiger partial charge in [-0.15, -0.1) is 0 Å². The zero-order chi connectivity index (χ0) is 16.6. The topological polar surface area (TPSA) is 17.8 Å². The predicted molar refractivity (Wildman–Crippen MR) is 104 cm³/mol. The SMILES string of the molecule is CCCCCCCCCCCCn1c(C2CC2)nc2ccccc21. The van der Waals surface area contributed by atoms with Crippen molar-refractivity contribution < 1.29 is 0 Å². The third kappa shape index (κ3) is 4.84. The van der Waals surface area contributed by atoms with Crippen LogP contribution in [-0.2, 0) is 6.54 Å². The minimum Gasteiger partial charge on any atom is -0.328 e. The average Bonchev–Trinajstić information content (AvgIpc) is 3.39. The molecule has 1 aromatic heterocycles. The average molecular weight is 327 g/mol. The van der Waals surface area contributed by atoms with Gasteiger partial charge in [0, 0.05) is 12.5 Å². The molecule has 0 bridgehead atoms. The predicted octanol–water partition coefficient (Wildman–Crippen LogP) is 6.83. The largest absolute Gasteiger partial charge is 0.328 e. The number of nitrogens with zero attached hydrogens (tertiary/aromatic N) is 2. The molecule has 0 amide bonds. The Kier molecular flexibility index (Phi) is 6.75.